The van der Waals surface area contributed by atoms with Crippen molar-refractivity contribution < 1.29 is 23.8 Å². The molecule has 0 aliphatic heterocycles. The van der Waals surface area contributed by atoms with E-state index in [1.165, 1.54) is 18.2 Å². The van der Waals surface area contributed by atoms with Crippen LogP contribution >= 0.6 is 0 Å². The van der Waals surface area contributed by atoms with E-state index >= 15 is 0 Å². The van der Waals surface area contributed by atoms with Gasteiger partial charge in [-0.3, -0.25) is 4.79 Å². The monoisotopic (exact) mass is 345 g/mol. The van der Waals surface area contributed by atoms with Crippen molar-refractivity contribution in [1.82, 2.24) is 0 Å². The van der Waals surface area contributed by atoms with E-state index < -0.39 is 5.97 Å². The lowest BCUT2D eigenvalue weighted by Crippen LogP contribution is -2.14. The molecule has 0 aliphatic carbocycles. The van der Waals surface area contributed by atoms with Crippen LogP contribution in [0.1, 0.15) is 34.3 Å². The van der Waals surface area contributed by atoms with Gasteiger partial charge in [-0.1, -0.05) is 12.1 Å². The smallest absolute Gasteiger partial charge is 0.336 e. The van der Waals surface area contributed by atoms with Crippen LogP contribution in [0.5, 0.6) is 5.75 Å². The van der Waals surface area contributed by atoms with Gasteiger partial charge in [0.2, 0.25) is 5.91 Å². The van der Waals surface area contributed by atoms with Gasteiger partial charge in [-0.2, -0.15) is 0 Å². The van der Waals surface area contributed by atoms with E-state index in [0.717, 1.165) is 5.56 Å². The number of benzene rings is 2. The molecule has 0 unspecified atom stereocenters. The van der Waals surface area contributed by atoms with Crippen molar-refractivity contribution in [2.45, 2.75) is 26.7 Å². The summed E-state index contributed by atoms with van der Waals surface area (Å²) in [6, 6.07) is 9.00. The Labute approximate surface area is 145 Å². The Hall–Kier alpha value is -2.89. The third-order valence-corrected chi connectivity index (χ3v) is 3.69. The molecule has 2 N–H and O–H groups in total. The van der Waals surface area contributed by atoms with Gasteiger partial charge in [0.15, 0.2) is 0 Å². The Kier molecular flexibility index (Phi) is 6.11. The Balaban J connectivity index is 1.86. The van der Waals surface area contributed by atoms with Crippen LogP contribution in [0.2, 0.25) is 0 Å². The molecule has 25 heavy (non-hydrogen) atoms. The fraction of sp³-hybridized carbons (Fsp3) is 0.263. The van der Waals surface area contributed by atoms with Gasteiger partial charge in [0.1, 0.15) is 11.6 Å². The predicted octanol–water partition coefficient (Wildman–Crippen LogP) is 3.94. The van der Waals surface area contributed by atoms with Crippen LogP contribution in [0, 0.1) is 19.7 Å². The Bertz CT molecular complexity index is 789. The van der Waals surface area contributed by atoms with Crippen LogP contribution in [-0.2, 0) is 4.79 Å². The van der Waals surface area contributed by atoms with Gasteiger partial charge >= 0.3 is 5.97 Å². The van der Waals surface area contributed by atoms with Crippen LogP contribution in [0.4, 0.5) is 10.1 Å². The Morgan fingerprint density at radius 2 is 1.92 bits per heavy atom. The van der Waals surface area contributed by atoms with E-state index in [4.69, 9.17) is 9.84 Å². The first-order chi connectivity index (χ1) is 11.9. The fourth-order valence-electron chi connectivity index (χ4n) is 2.41. The minimum Gasteiger partial charge on any atom is -0.493 e. The number of aromatic carboxylic acids is 1. The second kappa shape index (κ2) is 8.28. The molecule has 132 valence electrons. The molecule has 0 atom stereocenters. The average Bonchev–Trinajstić information content (AvgIpc) is 2.54. The zero-order valence-corrected chi connectivity index (χ0v) is 14.1. The van der Waals surface area contributed by atoms with E-state index in [0.29, 0.717) is 23.4 Å². The number of carbonyl (C=O) groups excluding carboxylic acids is 1. The summed E-state index contributed by atoms with van der Waals surface area (Å²) >= 11 is 0. The van der Waals surface area contributed by atoms with Crippen molar-refractivity contribution in [3.8, 4) is 5.75 Å². The van der Waals surface area contributed by atoms with Crippen LogP contribution in [0.3, 0.4) is 0 Å². The molecule has 2 rings (SSSR count). The Morgan fingerprint density at radius 1 is 1.16 bits per heavy atom. The lowest BCUT2D eigenvalue weighted by atomic mass is 10.0. The highest BCUT2D eigenvalue weighted by atomic mass is 19.1. The largest absolute Gasteiger partial charge is 0.493 e. The van der Waals surface area contributed by atoms with Gasteiger partial charge in [-0.05, 0) is 49.6 Å². The van der Waals surface area contributed by atoms with Crippen molar-refractivity contribution in [2.75, 3.05) is 11.9 Å². The molecule has 6 heteroatoms. The number of hydrogen-bond acceptors (Lipinski definition) is 3. The van der Waals surface area contributed by atoms with E-state index in [2.05, 4.69) is 5.32 Å². The maximum atomic E-state index is 13.0. The highest BCUT2D eigenvalue weighted by Crippen LogP contribution is 2.21. The van der Waals surface area contributed by atoms with Crippen molar-refractivity contribution >= 4 is 17.6 Å². The van der Waals surface area contributed by atoms with Crippen LogP contribution in [-0.4, -0.2) is 23.6 Å². The van der Waals surface area contributed by atoms with Gasteiger partial charge in [0.25, 0.3) is 0 Å². The number of anilines is 1. The zero-order valence-electron chi connectivity index (χ0n) is 14.1. The number of amides is 1. The molecule has 2 aromatic carbocycles. The van der Waals surface area contributed by atoms with E-state index in [1.54, 1.807) is 32.0 Å². The second-order valence-electron chi connectivity index (χ2n) is 5.74. The molecule has 2 aromatic rings. The third-order valence-electron chi connectivity index (χ3n) is 3.69. The number of nitrogens with one attached hydrogen (secondary N) is 1. The number of carboxylic acid groups (broad SMARTS) is 1. The van der Waals surface area contributed by atoms with Crippen molar-refractivity contribution in [3.63, 3.8) is 0 Å². The van der Waals surface area contributed by atoms with Gasteiger partial charge in [0.05, 0.1) is 12.2 Å². The fourth-order valence-corrected chi connectivity index (χ4v) is 2.41. The topological polar surface area (TPSA) is 75.6 Å². The average molecular weight is 345 g/mol. The van der Waals surface area contributed by atoms with Gasteiger partial charge in [-0.25, -0.2) is 9.18 Å². The molecular formula is C19H20FNO4. The summed E-state index contributed by atoms with van der Waals surface area (Å²) in [5, 5.41) is 11.9. The summed E-state index contributed by atoms with van der Waals surface area (Å²) in [7, 11) is 0. The minimum atomic E-state index is -1.03. The standard InChI is InChI=1S/C19H20FNO4/c1-12-9-13(2)17(11-16(12)19(23)24)21-18(22)7-4-8-25-15-6-3-5-14(20)10-15/h3,5-6,9-11H,4,7-8H2,1-2H3,(H,21,22)(H,23,24). The first kappa shape index (κ1) is 18.4. The lowest BCUT2D eigenvalue weighted by molar-refractivity contribution is -0.116. The van der Waals surface area contributed by atoms with E-state index in [9.17, 15) is 14.0 Å². The Morgan fingerprint density at radius 3 is 2.60 bits per heavy atom. The molecular weight excluding hydrogens is 325 g/mol. The van der Waals surface area contributed by atoms with Gasteiger partial charge in [0, 0.05) is 18.2 Å². The number of halogens is 1. The summed E-state index contributed by atoms with van der Waals surface area (Å²) < 4.78 is 18.4. The summed E-state index contributed by atoms with van der Waals surface area (Å²) in [5.41, 5.74) is 2.09. The molecule has 5 nitrogen and oxygen atoms in total. The molecule has 0 aromatic heterocycles. The normalized spacial score (nSPS) is 10.4. The highest BCUT2D eigenvalue weighted by molar-refractivity contribution is 5.95. The molecule has 1 amide bonds. The van der Waals surface area contributed by atoms with Crippen molar-refractivity contribution in [2.24, 2.45) is 0 Å². The maximum absolute atomic E-state index is 13.0. The van der Waals surface area contributed by atoms with Crippen molar-refractivity contribution in [3.05, 3.63) is 58.9 Å². The molecule has 0 heterocycles. The van der Waals surface area contributed by atoms with Crippen LogP contribution in [0.15, 0.2) is 36.4 Å². The number of ether oxygens (including phenoxy) is 1. The third kappa shape index (κ3) is 5.31. The minimum absolute atomic E-state index is 0.162. The van der Waals surface area contributed by atoms with Gasteiger partial charge in [-0.15, -0.1) is 0 Å². The first-order valence-corrected chi connectivity index (χ1v) is 7.89. The molecule has 0 aliphatic rings. The quantitative estimate of drug-likeness (QED) is 0.745. The maximum Gasteiger partial charge on any atom is 0.336 e. The summed E-state index contributed by atoms with van der Waals surface area (Å²) in [5.74, 6) is -1.22. The molecule has 0 saturated heterocycles. The van der Waals surface area contributed by atoms with E-state index in [1.807, 2.05) is 0 Å². The molecule has 0 fully saturated rings. The van der Waals surface area contributed by atoms with E-state index in [-0.39, 0.29) is 30.3 Å². The first-order valence-electron chi connectivity index (χ1n) is 7.89. The molecule has 0 radical (unpaired) electrons. The zero-order chi connectivity index (χ0) is 18.4. The predicted molar refractivity (Wildman–Crippen MR) is 92.6 cm³/mol. The summed E-state index contributed by atoms with van der Waals surface area (Å²) in [6.45, 7) is 3.80. The molecule has 0 saturated carbocycles. The number of rotatable bonds is 7. The highest BCUT2D eigenvalue weighted by Gasteiger charge is 2.12. The SMILES string of the molecule is Cc1cc(C)c(C(=O)O)cc1NC(=O)CCCOc1cccc(F)c1. The second-order valence-corrected chi connectivity index (χ2v) is 5.74. The summed E-state index contributed by atoms with van der Waals surface area (Å²) in [4.78, 5) is 23.2. The number of carboxylic acids is 1. The molecule has 0 spiro atoms. The van der Waals surface area contributed by atoms with Crippen molar-refractivity contribution in [1.29, 1.82) is 0 Å². The number of carbonyl (C=O) groups is 2. The van der Waals surface area contributed by atoms with Gasteiger partial charge < -0.3 is 15.2 Å². The van der Waals surface area contributed by atoms with Crippen LogP contribution in [0.25, 0.3) is 0 Å². The molecule has 0 bridgehead atoms. The van der Waals surface area contributed by atoms with Crippen LogP contribution < -0.4 is 10.1 Å². The number of aryl methyl sites for hydroxylation is 2. The summed E-state index contributed by atoms with van der Waals surface area (Å²) in [6.07, 6.45) is 0.671. The lowest BCUT2D eigenvalue weighted by Gasteiger charge is -2.12. The number of hydrogen-bond donors (Lipinski definition) is 2.